The quantitative estimate of drug-likeness (QED) is 0.687. The van der Waals surface area contributed by atoms with Gasteiger partial charge in [0.2, 0.25) is 0 Å². The molecule has 0 aliphatic rings. The number of nitrogens with two attached hydrogens (primary N) is 1. The molecule has 1 unspecified atom stereocenters. The minimum Gasteiger partial charge on any atom is -0.328 e. The van der Waals surface area contributed by atoms with E-state index in [4.69, 9.17) is 5.73 Å². The molecule has 3 nitrogen and oxygen atoms in total. The van der Waals surface area contributed by atoms with Crippen molar-refractivity contribution < 1.29 is 0 Å². The fourth-order valence-corrected chi connectivity index (χ4v) is 2.42. The molecule has 0 aliphatic carbocycles. The van der Waals surface area contributed by atoms with Crippen LogP contribution in [0.5, 0.6) is 0 Å². The van der Waals surface area contributed by atoms with Crippen LogP contribution in [0.15, 0.2) is 6.20 Å². The smallest absolute Gasteiger partial charge is 0.107 e. The molecule has 1 heterocycles. The topological polar surface area (TPSA) is 50.9 Å². The van der Waals surface area contributed by atoms with E-state index < -0.39 is 0 Å². The second-order valence-electron chi connectivity index (χ2n) is 4.09. The SMILES string of the molecule is CCCC(N)CCNCc1ncc(CC)s1. The average molecular weight is 241 g/mol. The predicted octanol–water partition coefficient (Wildman–Crippen LogP) is 2.31. The summed E-state index contributed by atoms with van der Waals surface area (Å²) in [7, 11) is 0. The Hall–Kier alpha value is -0.450. The Labute approximate surface area is 102 Å². The van der Waals surface area contributed by atoms with Crippen molar-refractivity contribution in [3.63, 3.8) is 0 Å². The van der Waals surface area contributed by atoms with Crippen LogP contribution in [0.4, 0.5) is 0 Å². The number of aryl methyl sites for hydroxylation is 1. The Balaban J connectivity index is 2.11. The first-order valence-electron chi connectivity index (χ1n) is 6.16. The summed E-state index contributed by atoms with van der Waals surface area (Å²) in [6, 6.07) is 0.347. The highest BCUT2D eigenvalue weighted by Gasteiger charge is 2.02. The maximum Gasteiger partial charge on any atom is 0.107 e. The van der Waals surface area contributed by atoms with Crippen LogP contribution in [0.2, 0.25) is 0 Å². The van der Waals surface area contributed by atoms with Crippen LogP contribution in [0.25, 0.3) is 0 Å². The Morgan fingerprint density at radius 1 is 1.44 bits per heavy atom. The highest BCUT2D eigenvalue weighted by atomic mass is 32.1. The largest absolute Gasteiger partial charge is 0.328 e. The normalized spacial score (nSPS) is 12.9. The van der Waals surface area contributed by atoms with Gasteiger partial charge in [-0.15, -0.1) is 11.3 Å². The fourth-order valence-electron chi connectivity index (χ4n) is 1.59. The number of aromatic nitrogens is 1. The van der Waals surface area contributed by atoms with E-state index in [9.17, 15) is 0 Å². The van der Waals surface area contributed by atoms with Crippen molar-refractivity contribution in [3.05, 3.63) is 16.1 Å². The molecule has 4 heteroatoms. The molecule has 0 radical (unpaired) electrons. The van der Waals surface area contributed by atoms with Crippen molar-refractivity contribution in [1.82, 2.24) is 10.3 Å². The van der Waals surface area contributed by atoms with Crippen LogP contribution >= 0.6 is 11.3 Å². The minimum absolute atomic E-state index is 0.347. The van der Waals surface area contributed by atoms with Gasteiger partial charge in [0.1, 0.15) is 5.01 Å². The zero-order chi connectivity index (χ0) is 11.8. The molecule has 0 fully saturated rings. The molecule has 0 aromatic carbocycles. The van der Waals surface area contributed by atoms with Crippen molar-refractivity contribution in [2.45, 2.75) is 52.1 Å². The summed E-state index contributed by atoms with van der Waals surface area (Å²) in [5.74, 6) is 0. The molecular formula is C12H23N3S. The summed E-state index contributed by atoms with van der Waals surface area (Å²) in [6.07, 6.45) is 6.41. The standard InChI is InChI=1S/C12H23N3S/c1-3-5-10(13)6-7-14-9-12-15-8-11(4-2)16-12/h8,10,14H,3-7,9,13H2,1-2H3. The molecule has 16 heavy (non-hydrogen) atoms. The molecule has 0 saturated heterocycles. The Morgan fingerprint density at radius 3 is 2.88 bits per heavy atom. The fraction of sp³-hybridized carbons (Fsp3) is 0.750. The highest BCUT2D eigenvalue weighted by Crippen LogP contribution is 2.12. The predicted molar refractivity (Wildman–Crippen MR) is 70.7 cm³/mol. The second-order valence-corrected chi connectivity index (χ2v) is 5.29. The zero-order valence-corrected chi connectivity index (χ0v) is 11.1. The third-order valence-electron chi connectivity index (χ3n) is 2.58. The summed E-state index contributed by atoms with van der Waals surface area (Å²) in [5.41, 5.74) is 5.94. The van der Waals surface area contributed by atoms with Crippen molar-refractivity contribution in [2.75, 3.05) is 6.54 Å². The van der Waals surface area contributed by atoms with Gasteiger partial charge in [0, 0.05) is 23.7 Å². The van der Waals surface area contributed by atoms with Crippen molar-refractivity contribution in [2.24, 2.45) is 5.73 Å². The third-order valence-corrected chi connectivity index (χ3v) is 3.72. The summed E-state index contributed by atoms with van der Waals surface area (Å²) in [4.78, 5) is 5.73. The number of thiazole rings is 1. The maximum absolute atomic E-state index is 5.94. The van der Waals surface area contributed by atoms with E-state index in [-0.39, 0.29) is 0 Å². The number of rotatable bonds is 8. The monoisotopic (exact) mass is 241 g/mol. The minimum atomic E-state index is 0.347. The molecule has 0 aliphatic heterocycles. The number of hydrogen-bond donors (Lipinski definition) is 2. The second kappa shape index (κ2) is 7.76. The molecule has 1 aromatic rings. The van der Waals surface area contributed by atoms with E-state index in [1.54, 1.807) is 11.3 Å². The first-order chi connectivity index (χ1) is 7.76. The first-order valence-corrected chi connectivity index (χ1v) is 6.97. The molecule has 1 rings (SSSR count). The lowest BCUT2D eigenvalue weighted by Crippen LogP contribution is -2.26. The van der Waals surface area contributed by atoms with Crippen LogP contribution in [-0.4, -0.2) is 17.6 Å². The summed E-state index contributed by atoms with van der Waals surface area (Å²) in [6.45, 7) is 6.20. The third kappa shape index (κ3) is 5.05. The van der Waals surface area contributed by atoms with Crippen molar-refractivity contribution in [3.8, 4) is 0 Å². The molecule has 0 bridgehead atoms. The van der Waals surface area contributed by atoms with Crippen LogP contribution in [0.3, 0.4) is 0 Å². The number of hydrogen-bond acceptors (Lipinski definition) is 4. The Morgan fingerprint density at radius 2 is 2.25 bits per heavy atom. The zero-order valence-electron chi connectivity index (χ0n) is 10.3. The van der Waals surface area contributed by atoms with Gasteiger partial charge in [-0.3, -0.25) is 0 Å². The molecule has 0 spiro atoms. The van der Waals surface area contributed by atoms with E-state index in [0.29, 0.717) is 6.04 Å². The van der Waals surface area contributed by atoms with E-state index in [1.165, 1.54) is 16.3 Å². The van der Waals surface area contributed by atoms with Gasteiger partial charge >= 0.3 is 0 Å². The first kappa shape index (κ1) is 13.6. The van der Waals surface area contributed by atoms with Gasteiger partial charge in [-0.1, -0.05) is 20.3 Å². The van der Waals surface area contributed by atoms with Crippen LogP contribution in [0.1, 0.15) is 43.0 Å². The molecule has 0 saturated carbocycles. The van der Waals surface area contributed by atoms with Gasteiger partial charge in [-0.2, -0.15) is 0 Å². The Bertz CT molecular complexity index is 286. The van der Waals surface area contributed by atoms with Crippen LogP contribution < -0.4 is 11.1 Å². The van der Waals surface area contributed by atoms with Gasteiger partial charge in [0.05, 0.1) is 0 Å². The number of nitrogens with one attached hydrogen (secondary N) is 1. The molecule has 1 atom stereocenters. The van der Waals surface area contributed by atoms with Crippen LogP contribution in [0, 0.1) is 0 Å². The van der Waals surface area contributed by atoms with E-state index in [0.717, 1.165) is 32.4 Å². The molecule has 0 amide bonds. The van der Waals surface area contributed by atoms with E-state index >= 15 is 0 Å². The van der Waals surface area contributed by atoms with E-state index in [2.05, 4.69) is 24.1 Å². The maximum atomic E-state index is 5.94. The summed E-state index contributed by atoms with van der Waals surface area (Å²) in [5, 5.41) is 4.58. The average Bonchev–Trinajstić information content (AvgIpc) is 2.73. The highest BCUT2D eigenvalue weighted by molar-refractivity contribution is 7.11. The van der Waals surface area contributed by atoms with Crippen molar-refractivity contribution >= 4 is 11.3 Å². The lowest BCUT2D eigenvalue weighted by atomic mass is 10.1. The van der Waals surface area contributed by atoms with Gasteiger partial charge in [0.15, 0.2) is 0 Å². The summed E-state index contributed by atoms with van der Waals surface area (Å²) < 4.78 is 0. The van der Waals surface area contributed by atoms with Gasteiger partial charge in [0.25, 0.3) is 0 Å². The summed E-state index contributed by atoms with van der Waals surface area (Å²) >= 11 is 1.80. The van der Waals surface area contributed by atoms with Crippen molar-refractivity contribution in [1.29, 1.82) is 0 Å². The lowest BCUT2D eigenvalue weighted by molar-refractivity contribution is 0.527. The van der Waals surface area contributed by atoms with Gasteiger partial charge in [-0.25, -0.2) is 4.98 Å². The molecule has 3 N–H and O–H groups in total. The van der Waals surface area contributed by atoms with Gasteiger partial charge < -0.3 is 11.1 Å². The molecule has 92 valence electrons. The molecular weight excluding hydrogens is 218 g/mol. The van der Waals surface area contributed by atoms with Gasteiger partial charge in [-0.05, 0) is 25.8 Å². The molecule has 1 aromatic heterocycles. The Kier molecular flexibility index (Phi) is 6.61. The van der Waals surface area contributed by atoms with Crippen LogP contribution in [-0.2, 0) is 13.0 Å². The number of nitrogens with zero attached hydrogens (tertiary/aromatic N) is 1. The van der Waals surface area contributed by atoms with E-state index in [1.807, 2.05) is 6.20 Å². The lowest BCUT2D eigenvalue weighted by Gasteiger charge is -2.09.